The fraction of sp³-hybridized carbons (Fsp3) is 0.550. The Kier molecular flexibility index (Phi) is 8.94. The average molecular weight is 378 g/mol. The van der Waals surface area contributed by atoms with Crippen LogP contribution in [0.5, 0.6) is 0 Å². The summed E-state index contributed by atoms with van der Waals surface area (Å²) in [5, 5.41) is 14.5. The Morgan fingerprint density at radius 1 is 1.15 bits per heavy atom. The number of ether oxygens (including phenoxy) is 1. The van der Waals surface area contributed by atoms with Crippen molar-refractivity contribution < 1.29 is 24.2 Å². The van der Waals surface area contributed by atoms with Crippen LogP contribution in [0.4, 0.5) is 0 Å². The van der Waals surface area contributed by atoms with E-state index in [9.17, 15) is 19.5 Å². The van der Waals surface area contributed by atoms with Crippen LogP contribution in [0.25, 0.3) is 0 Å². The maximum atomic E-state index is 12.8. The number of likely N-dealkylation sites (N-methyl/N-ethyl adjacent to an activating group) is 1. The lowest BCUT2D eigenvalue weighted by atomic mass is 9.81. The van der Waals surface area contributed by atoms with Crippen LogP contribution in [0.15, 0.2) is 30.3 Å². The molecule has 2 amide bonds. The van der Waals surface area contributed by atoms with Crippen molar-refractivity contribution in [2.75, 3.05) is 20.8 Å². The molecular formula is C20H30N2O5. The Hall–Kier alpha value is -2.41. The zero-order valence-corrected chi connectivity index (χ0v) is 16.5. The van der Waals surface area contributed by atoms with Crippen molar-refractivity contribution in [1.82, 2.24) is 10.6 Å². The highest BCUT2D eigenvalue weighted by molar-refractivity contribution is 5.90. The zero-order chi connectivity index (χ0) is 20.4. The maximum absolute atomic E-state index is 12.8. The number of nitrogens with one attached hydrogen (secondary N) is 2. The number of carboxylic acids is 1. The van der Waals surface area contributed by atoms with Crippen LogP contribution in [-0.4, -0.2) is 49.7 Å². The number of hydrogen-bond donors (Lipinski definition) is 3. The van der Waals surface area contributed by atoms with Gasteiger partial charge in [0.25, 0.3) is 0 Å². The Bertz CT molecular complexity index is 631. The lowest BCUT2D eigenvalue weighted by molar-refractivity contribution is -0.142. The predicted molar refractivity (Wildman–Crippen MR) is 102 cm³/mol. The molecule has 0 fully saturated rings. The second-order valence-electron chi connectivity index (χ2n) is 7.46. The molecule has 27 heavy (non-hydrogen) atoms. The molecule has 0 aliphatic rings. The van der Waals surface area contributed by atoms with E-state index in [0.29, 0.717) is 19.4 Å². The van der Waals surface area contributed by atoms with Crippen LogP contribution in [0.2, 0.25) is 0 Å². The Morgan fingerprint density at radius 2 is 1.78 bits per heavy atom. The third-order valence-electron chi connectivity index (χ3n) is 4.29. The summed E-state index contributed by atoms with van der Waals surface area (Å²) in [5.41, 5.74) is 0.537. The number of benzene rings is 1. The number of hydrogen-bond acceptors (Lipinski definition) is 4. The quantitative estimate of drug-likeness (QED) is 0.543. The minimum Gasteiger partial charge on any atom is -0.481 e. The SMILES string of the molecule is CNC(=O)[C@H](Cc1ccccc1)NC(=O)[C@@H](CC(=O)O)CC(C)(C)COC. The first-order chi connectivity index (χ1) is 12.7. The molecule has 0 heterocycles. The first-order valence-corrected chi connectivity index (χ1v) is 8.95. The van der Waals surface area contributed by atoms with Crippen LogP contribution in [-0.2, 0) is 25.5 Å². The Balaban J connectivity index is 2.92. The van der Waals surface area contributed by atoms with Gasteiger partial charge in [0.15, 0.2) is 0 Å². The van der Waals surface area contributed by atoms with Crippen LogP contribution in [0.3, 0.4) is 0 Å². The van der Waals surface area contributed by atoms with E-state index < -0.39 is 23.8 Å². The van der Waals surface area contributed by atoms with Gasteiger partial charge in [-0.1, -0.05) is 44.2 Å². The normalized spacial score (nSPS) is 13.5. The fourth-order valence-corrected chi connectivity index (χ4v) is 3.11. The van der Waals surface area contributed by atoms with E-state index in [-0.39, 0.29) is 17.7 Å². The van der Waals surface area contributed by atoms with Crippen molar-refractivity contribution in [3.8, 4) is 0 Å². The summed E-state index contributed by atoms with van der Waals surface area (Å²) in [6.45, 7) is 4.23. The molecule has 0 aliphatic heterocycles. The molecule has 3 N–H and O–H groups in total. The van der Waals surface area contributed by atoms with Crippen molar-refractivity contribution in [2.45, 2.75) is 39.2 Å². The van der Waals surface area contributed by atoms with Gasteiger partial charge in [0.05, 0.1) is 13.0 Å². The second-order valence-corrected chi connectivity index (χ2v) is 7.46. The molecule has 2 atom stereocenters. The monoisotopic (exact) mass is 378 g/mol. The molecule has 0 saturated heterocycles. The predicted octanol–water partition coefficient (Wildman–Crippen LogP) is 1.61. The number of carboxylic acid groups (broad SMARTS) is 1. The molecule has 7 heteroatoms. The van der Waals surface area contributed by atoms with E-state index in [1.54, 1.807) is 7.11 Å². The molecule has 0 bridgehead atoms. The number of methoxy groups -OCH3 is 1. The molecular weight excluding hydrogens is 348 g/mol. The van der Waals surface area contributed by atoms with Gasteiger partial charge in [-0.2, -0.15) is 0 Å². The molecule has 0 radical (unpaired) electrons. The van der Waals surface area contributed by atoms with E-state index in [4.69, 9.17) is 4.74 Å². The zero-order valence-electron chi connectivity index (χ0n) is 16.5. The van der Waals surface area contributed by atoms with Gasteiger partial charge >= 0.3 is 5.97 Å². The highest BCUT2D eigenvalue weighted by Crippen LogP contribution is 2.28. The van der Waals surface area contributed by atoms with Crippen LogP contribution in [0.1, 0.15) is 32.3 Å². The van der Waals surface area contributed by atoms with Gasteiger partial charge in [0.1, 0.15) is 6.04 Å². The molecule has 150 valence electrons. The van der Waals surface area contributed by atoms with Gasteiger partial charge in [-0.3, -0.25) is 14.4 Å². The topological polar surface area (TPSA) is 105 Å². The minimum atomic E-state index is -1.05. The Labute approximate surface area is 160 Å². The first-order valence-electron chi connectivity index (χ1n) is 8.95. The number of carbonyl (C=O) groups excluding carboxylic acids is 2. The molecule has 1 aromatic carbocycles. The van der Waals surface area contributed by atoms with E-state index in [1.165, 1.54) is 7.05 Å². The van der Waals surface area contributed by atoms with Gasteiger partial charge in [0.2, 0.25) is 11.8 Å². The smallest absolute Gasteiger partial charge is 0.304 e. The molecule has 1 rings (SSSR count). The summed E-state index contributed by atoms with van der Waals surface area (Å²) in [6, 6.07) is 8.57. The molecule has 0 aromatic heterocycles. The lowest BCUT2D eigenvalue weighted by Crippen LogP contribution is -2.49. The van der Waals surface area contributed by atoms with Crippen molar-refractivity contribution in [3.05, 3.63) is 35.9 Å². The summed E-state index contributed by atoms with van der Waals surface area (Å²) < 4.78 is 5.16. The lowest BCUT2D eigenvalue weighted by Gasteiger charge is -2.29. The molecule has 0 spiro atoms. The van der Waals surface area contributed by atoms with Crippen LogP contribution < -0.4 is 10.6 Å². The van der Waals surface area contributed by atoms with Gasteiger partial charge in [-0.25, -0.2) is 0 Å². The van der Waals surface area contributed by atoms with Crippen LogP contribution >= 0.6 is 0 Å². The van der Waals surface area contributed by atoms with Gasteiger partial charge < -0.3 is 20.5 Å². The maximum Gasteiger partial charge on any atom is 0.304 e. The van der Waals surface area contributed by atoms with E-state index in [1.807, 2.05) is 44.2 Å². The third-order valence-corrected chi connectivity index (χ3v) is 4.29. The summed E-state index contributed by atoms with van der Waals surface area (Å²) in [6.07, 6.45) is 0.364. The summed E-state index contributed by atoms with van der Waals surface area (Å²) in [5.74, 6) is -2.57. The van der Waals surface area contributed by atoms with Crippen LogP contribution in [0, 0.1) is 11.3 Å². The van der Waals surface area contributed by atoms with Crippen molar-refractivity contribution in [2.24, 2.45) is 11.3 Å². The van der Waals surface area contributed by atoms with Crippen molar-refractivity contribution in [1.29, 1.82) is 0 Å². The largest absolute Gasteiger partial charge is 0.481 e. The van der Waals surface area contributed by atoms with Gasteiger partial charge in [0, 0.05) is 26.5 Å². The number of amides is 2. The van der Waals surface area contributed by atoms with E-state index in [2.05, 4.69) is 10.6 Å². The minimum absolute atomic E-state index is 0.301. The summed E-state index contributed by atoms with van der Waals surface area (Å²) >= 11 is 0. The molecule has 0 saturated carbocycles. The fourth-order valence-electron chi connectivity index (χ4n) is 3.11. The average Bonchev–Trinajstić information content (AvgIpc) is 2.60. The third kappa shape index (κ3) is 8.21. The van der Waals surface area contributed by atoms with Gasteiger partial charge in [-0.05, 0) is 17.4 Å². The van der Waals surface area contributed by atoms with E-state index in [0.717, 1.165) is 5.56 Å². The van der Waals surface area contributed by atoms with Gasteiger partial charge in [-0.15, -0.1) is 0 Å². The molecule has 7 nitrogen and oxygen atoms in total. The second kappa shape index (κ2) is 10.7. The standard InChI is InChI=1S/C20H30N2O5/c1-20(2,13-27-4)12-15(11-17(23)24)18(25)22-16(19(26)21-3)10-14-8-6-5-7-9-14/h5-9,15-16H,10-13H2,1-4H3,(H,21,26)(H,22,25)(H,23,24)/t15-,16-/m0/s1. The van der Waals surface area contributed by atoms with Crippen molar-refractivity contribution in [3.63, 3.8) is 0 Å². The molecule has 1 aromatic rings. The number of aliphatic carboxylic acids is 1. The van der Waals surface area contributed by atoms with Crippen molar-refractivity contribution >= 4 is 17.8 Å². The number of carbonyl (C=O) groups is 3. The highest BCUT2D eigenvalue weighted by atomic mass is 16.5. The highest BCUT2D eigenvalue weighted by Gasteiger charge is 2.32. The molecule has 0 unspecified atom stereocenters. The van der Waals surface area contributed by atoms with E-state index >= 15 is 0 Å². The summed E-state index contributed by atoms with van der Waals surface area (Å²) in [7, 11) is 3.07. The summed E-state index contributed by atoms with van der Waals surface area (Å²) in [4.78, 5) is 36.2. The molecule has 0 aliphatic carbocycles. The number of rotatable bonds is 11. The Morgan fingerprint density at radius 3 is 2.30 bits per heavy atom. The first kappa shape index (κ1) is 22.6.